The topological polar surface area (TPSA) is 53.4 Å². The highest BCUT2D eigenvalue weighted by atomic mass is 35.5. The van der Waals surface area contributed by atoms with Crippen molar-refractivity contribution in [2.24, 2.45) is 0 Å². The van der Waals surface area contributed by atoms with E-state index in [9.17, 15) is 4.79 Å². The van der Waals surface area contributed by atoms with E-state index < -0.39 is 0 Å². The molecule has 1 fully saturated rings. The molecule has 0 bridgehead atoms. The second kappa shape index (κ2) is 8.01. The molecule has 2 heterocycles. The van der Waals surface area contributed by atoms with E-state index in [1.807, 2.05) is 41.0 Å². The summed E-state index contributed by atoms with van der Waals surface area (Å²) in [6.45, 7) is 0.738. The molecule has 5 rings (SSSR count). The normalized spacial score (nSPS) is 16.7. The van der Waals surface area contributed by atoms with Gasteiger partial charge in [0, 0.05) is 27.9 Å². The molecule has 1 aliphatic carbocycles. The minimum atomic E-state index is 0.0581. The Morgan fingerprint density at radius 2 is 2.03 bits per heavy atom. The number of thioether (sulfide) groups is 1. The summed E-state index contributed by atoms with van der Waals surface area (Å²) in [6.07, 6.45) is 4.37. The molecule has 5 nitrogen and oxygen atoms in total. The molecular formula is C22H21ClN2O3S. The maximum atomic E-state index is 13.3. The molecule has 2 aliphatic rings. The summed E-state index contributed by atoms with van der Waals surface area (Å²) in [5.41, 5.74) is 2.76. The Morgan fingerprint density at radius 3 is 2.90 bits per heavy atom. The number of aromatic nitrogens is 2. The molecule has 1 saturated carbocycles. The van der Waals surface area contributed by atoms with Gasteiger partial charge in [0.05, 0.1) is 17.5 Å². The van der Waals surface area contributed by atoms with E-state index in [1.54, 1.807) is 11.8 Å². The number of ether oxygens (including phenoxy) is 2. The summed E-state index contributed by atoms with van der Waals surface area (Å²) in [4.78, 5) is 18.1. The predicted octanol–water partition coefficient (Wildman–Crippen LogP) is 5.32. The van der Waals surface area contributed by atoms with Crippen molar-refractivity contribution in [3.63, 3.8) is 0 Å². The highest BCUT2D eigenvalue weighted by Gasteiger charge is 2.24. The van der Waals surface area contributed by atoms with Crippen LogP contribution in [0.3, 0.4) is 0 Å². The van der Waals surface area contributed by atoms with Gasteiger partial charge in [-0.15, -0.1) is 0 Å². The molecule has 1 aromatic heterocycles. The third kappa shape index (κ3) is 3.65. The maximum absolute atomic E-state index is 13.3. The van der Waals surface area contributed by atoms with Gasteiger partial charge in [-0.1, -0.05) is 48.3 Å². The first-order chi connectivity index (χ1) is 14.2. The monoisotopic (exact) mass is 428 g/mol. The number of hydrogen-bond donors (Lipinski definition) is 0. The van der Waals surface area contributed by atoms with Crippen molar-refractivity contribution < 1.29 is 9.47 Å². The fraction of sp³-hybridized carbons (Fsp3) is 0.364. The number of benzene rings is 2. The lowest BCUT2D eigenvalue weighted by atomic mass is 10.1. The van der Waals surface area contributed by atoms with E-state index in [0.29, 0.717) is 22.8 Å². The van der Waals surface area contributed by atoms with Crippen LogP contribution in [0.25, 0.3) is 10.9 Å². The van der Waals surface area contributed by atoms with Crippen molar-refractivity contribution in [1.29, 1.82) is 0 Å². The Labute approximate surface area is 178 Å². The van der Waals surface area contributed by atoms with Crippen LogP contribution >= 0.6 is 23.4 Å². The summed E-state index contributed by atoms with van der Waals surface area (Å²) >= 11 is 7.88. The predicted molar refractivity (Wildman–Crippen MR) is 115 cm³/mol. The molecular weight excluding hydrogens is 408 g/mol. The molecule has 0 atom stereocenters. The van der Waals surface area contributed by atoms with Crippen LogP contribution in [0, 0.1) is 0 Å². The molecule has 0 unspecified atom stereocenters. The summed E-state index contributed by atoms with van der Waals surface area (Å²) in [5, 5.41) is 2.11. The van der Waals surface area contributed by atoms with Crippen molar-refractivity contribution in [3.05, 3.63) is 62.9 Å². The van der Waals surface area contributed by atoms with Crippen molar-refractivity contribution in [2.75, 3.05) is 6.79 Å². The van der Waals surface area contributed by atoms with E-state index in [2.05, 4.69) is 0 Å². The Hall–Kier alpha value is -2.02. The van der Waals surface area contributed by atoms with Gasteiger partial charge in [-0.2, -0.15) is 0 Å². The van der Waals surface area contributed by atoms with Gasteiger partial charge in [0.1, 0.15) is 5.75 Å². The van der Waals surface area contributed by atoms with Crippen LogP contribution < -0.4 is 10.3 Å². The molecule has 0 saturated heterocycles. The molecule has 7 heteroatoms. The SMILES string of the molecule is O=c1c2ccccc2nc(SCc2cc(Cl)cc3c2OCOC3)n1C1CCCC1. The number of rotatable bonds is 4. The first kappa shape index (κ1) is 19.0. The summed E-state index contributed by atoms with van der Waals surface area (Å²) in [7, 11) is 0. The van der Waals surface area contributed by atoms with Crippen LogP contribution in [0.5, 0.6) is 5.75 Å². The van der Waals surface area contributed by atoms with Crippen LogP contribution in [0.1, 0.15) is 42.9 Å². The smallest absolute Gasteiger partial charge is 0.262 e. The second-order valence-electron chi connectivity index (χ2n) is 7.48. The lowest BCUT2D eigenvalue weighted by Gasteiger charge is -2.22. The van der Waals surface area contributed by atoms with Crippen LogP contribution in [-0.2, 0) is 17.1 Å². The average Bonchev–Trinajstić information content (AvgIpc) is 3.26. The van der Waals surface area contributed by atoms with Crippen molar-refractivity contribution in [2.45, 2.75) is 49.2 Å². The van der Waals surface area contributed by atoms with Gasteiger partial charge < -0.3 is 9.47 Å². The molecule has 1 aliphatic heterocycles. The standard InChI is InChI=1S/C22H21ClN2O3S/c23-16-9-14-11-27-13-28-20(14)15(10-16)12-29-22-24-19-8-4-3-7-18(19)21(26)25(22)17-5-1-2-6-17/h3-4,7-10,17H,1-2,5-6,11-13H2. The molecule has 0 amide bonds. The van der Waals surface area contributed by atoms with Gasteiger partial charge in [-0.25, -0.2) is 4.98 Å². The van der Waals surface area contributed by atoms with E-state index in [-0.39, 0.29) is 18.4 Å². The van der Waals surface area contributed by atoms with Gasteiger partial charge in [0.15, 0.2) is 11.9 Å². The zero-order valence-corrected chi connectivity index (χ0v) is 17.5. The van der Waals surface area contributed by atoms with Crippen molar-refractivity contribution in [1.82, 2.24) is 9.55 Å². The zero-order valence-electron chi connectivity index (χ0n) is 15.9. The lowest BCUT2D eigenvalue weighted by molar-refractivity contribution is -0.0168. The van der Waals surface area contributed by atoms with Crippen LogP contribution in [0.15, 0.2) is 46.3 Å². The highest BCUT2D eigenvalue weighted by Crippen LogP contribution is 2.37. The van der Waals surface area contributed by atoms with E-state index in [4.69, 9.17) is 26.1 Å². The zero-order chi connectivity index (χ0) is 19.8. The lowest BCUT2D eigenvalue weighted by Crippen LogP contribution is -2.26. The summed E-state index contributed by atoms with van der Waals surface area (Å²) < 4.78 is 13.0. The largest absolute Gasteiger partial charge is 0.467 e. The number of nitrogens with zero attached hydrogens (tertiary/aromatic N) is 2. The molecule has 2 aromatic carbocycles. The van der Waals surface area contributed by atoms with Crippen LogP contribution in [-0.4, -0.2) is 16.3 Å². The number of fused-ring (bicyclic) bond motifs is 2. The van der Waals surface area contributed by atoms with Crippen molar-refractivity contribution >= 4 is 34.3 Å². The number of para-hydroxylation sites is 1. The van der Waals surface area contributed by atoms with Gasteiger partial charge in [0.2, 0.25) is 0 Å². The van der Waals surface area contributed by atoms with Gasteiger partial charge in [-0.3, -0.25) is 9.36 Å². The third-order valence-electron chi connectivity index (χ3n) is 5.57. The summed E-state index contributed by atoms with van der Waals surface area (Å²) in [5.74, 6) is 1.46. The summed E-state index contributed by atoms with van der Waals surface area (Å²) in [6, 6.07) is 11.6. The Balaban J connectivity index is 1.55. The quantitative estimate of drug-likeness (QED) is 0.415. The Kier molecular flexibility index (Phi) is 5.24. The minimum Gasteiger partial charge on any atom is -0.467 e. The van der Waals surface area contributed by atoms with Crippen molar-refractivity contribution in [3.8, 4) is 5.75 Å². The van der Waals surface area contributed by atoms with Crippen LogP contribution in [0.2, 0.25) is 5.02 Å². The van der Waals surface area contributed by atoms with Gasteiger partial charge in [-0.05, 0) is 37.1 Å². The van der Waals surface area contributed by atoms with Crippen LogP contribution in [0.4, 0.5) is 0 Å². The molecule has 150 valence electrons. The second-order valence-corrected chi connectivity index (χ2v) is 8.86. The molecule has 0 spiro atoms. The third-order valence-corrected chi connectivity index (χ3v) is 6.79. The first-order valence-electron chi connectivity index (χ1n) is 9.86. The molecule has 3 aromatic rings. The van der Waals surface area contributed by atoms with Gasteiger partial charge >= 0.3 is 0 Å². The van der Waals surface area contributed by atoms with E-state index >= 15 is 0 Å². The fourth-order valence-electron chi connectivity index (χ4n) is 4.22. The number of hydrogen-bond acceptors (Lipinski definition) is 5. The van der Waals surface area contributed by atoms with E-state index in [1.165, 1.54) is 0 Å². The maximum Gasteiger partial charge on any atom is 0.262 e. The molecule has 29 heavy (non-hydrogen) atoms. The molecule has 0 N–H and O–H groups in total. The Morgan fingerprint density at radius 1 is 1.21 bits per heavy atom. The highest BCUT2D eigenvalue weighted by molar-refractivity contribution is 7.98. The van der Waals surface area contributed by atoms with E-state index in [0.717, 1.165) is 53.2 Å². The Bertz CT molecular complexity index is 1120. The molecule has 0 radical (unpaired) electrons. The average molecular weight is 429 g/mol. The number of halogens is 1. The minimum absolute atomic E-state index is 0.0581. The first-order valence-corrected chi connectivity index (χ1v) is 11.2. The fourth-order valence-corrected chi connectivity index (χ4v) is 5.51. The van der Waals surface area contributed by atoms with Gasteiger partial charge in [0.25, 0.3) is 5.56 Å².